The molecule has 0 aliphatic rings. The quantitative estimate of drug-likeness (QED) is 0.588. The van der Waals surface area contributed by atoms with Gasteiger partial charge in [0.1, 0.15) is 0 Å². The molecule has 0 spiro atoms. The largest absolute Gasteiger partial charge is 0.265 e. The Morgan fingerprint density at radius 2 is 2.27 bits per heavy atom. The number of hydrogen-bond donors (Lipinski definition) is 0. The molecule has 0 saturated heterocycles. The number of aromatic nitrogens is 1. The topological polar surface area (TPSA) is 36.7 Å². The molecule has 0 aliphatic carbocycles. The SMILES string of the molecule is N#CCc1ncc(CBr)c(C(F)F)c1I. The minimum Gasteiger partial charge on any atom is -0.259 e. The van der Waals surface area contributed by atoms with Gasteiger partial charge in [-0.3, -0.25) is 4.98 Å². The third-order valence-electron chi connectivity index (χ3n) is 1.82. The Hall–Kier alpha value is -0.290. The summed E-state index contributed by atoms with van der Waals surface area (Å²) in [5, 5.41) is 8.85. The van der Waals surface area contributed by atoms with Crippen LogP contribution in [0.25, 0.3) is 0 Å². The van der Waals surface area contributed by atoms with Crippen molar-refractivity contribution in [3.8, 4) is 6.07 Å². The van der Waals surface area contributed by atoms with Crippen LogP contribution in [0.15, 0.2) is 6.20 Å². The van der Waals surface area contributed by atoms with Crippen molar-refractivity contribution < 1.29 is 8.78 Å². The van der Waals surface area contributed by atoms with Gasteiger partial charge >= 0.3 is 0 Å². The molecule has 0 bridgehead atoms. The van der Waals surface area contributed by atoms with Gasteiger partial charge in [0, 0.05) is 20.7 Å². The van der Waals surface area contributed by atoms with Crippen LogP contribution in [0.4, 0.5) is 8.78 Å². The van der Waals surface area contributed by atoms with E-state index >= 15 is 0 Å². The summed E-state index contributed by atoms with van der Waals surface area (Å²) in [6.07, 6.45) is -1.09. The summed E-state index contributed by atoms with van der Waals surface area (Å²) < 4.78 is 25.9. The van der Waals surface area contributed by atoms with E-state index < -0.39 is 6.43 Å². The van der Waals surface area contributed by atoms with Crippen molar-refractivity contribution in [1.29, 1.82) is 5.26 Å². The zero-order valence-corrected chi connectivity index (χ0v) is 11.2. The second-order valence-corrected chi connectivity index (χ2v) is 4.37. The van der Waals surface area contributed by atoms with E-state index in [0.717, 1.165) is 0 Å². The van der Waals surface area contributed by atoms with Crippen LogP contribution in [0.2, 0.25) is 0 Å². The maximum atomic E-state index is 12.8. The first-order valence-corrected chi connectivity index (χ1v) is 6.19. The van der Waals surface area contributed by atoms with Gasteiger partial charge in [0.15, 0.2) is 0 Å². The third kappa shape index (κ3) is 2.84. The molecule has 0 radical (unpaired) electrons. The lowest BCUT2D eigenvalue weighted by Gasteiger charge is -2.10. The van der Waals surface area contributed by atoms with E-state index in [0.29, 0.717) is 20.2 Å². The van der Waals surface area contributed by atoms with Crippen LogP contribution in [0, 0.1) is 14.9 Å². The van der Waals surface area contributed by atoms with Crippen LogP contribution in [0.3, 0.4) is 0 Å². The highest BCUT2D eigenvalue weighted by molar-refractivity contribution is 14.1. The number of hydrogen-bond acceptors (Lipinski definition) is 2. The van der Waals surface area contributed by atoms with E-state index in [1.165, 1.54) is 6.20 Å². The van der Waals surface area contributed by atoms with E-state index in [4.69, 9.17) is 5.26 Å². The van der Waals surface area contributed by atoms with E-state index in [1.807, 2.05) is 28.7 Å². The van der Waals surface area contributed by atoms with Gasteiger partial charge in [-0.15, -0.1) is 0 Å². The summed E-state index contributed by atoms with van der Waals surface area (Å²) in [7, 11) is 0. The molecule has 15 heavy (non-hydrogen) atoms. The minimum absolute atomic E-state index is 0.0206. The highest BCUT2D eigenvalue weighted by Crippen LogP contribution is 2.30. The molecule has 6 heteroatoms. The van der Waals surface area contributed by atoms with Crippen LogP contribution >= 0.6 is 38.5 Å². The van der Waals surface area contributed by atoms with E-state index in [-0.39, 0.29) is 12.0 Å². The zero-order chi connectivity index (χ0) is 11.4. The normalized spacial score (nSPS) is 10.4. The Morgan fingerprint density at radius 1 is 1.60 bits per heavy atom. The highest BCUT2D eigenvalue weighted by Gasteiger charge is 2.19. The Bertz CT molecular complexity index is 404. The van der Waals surface area contributed by atoms with E-state index in [1.54, 1.807) is 0 Å². The first-order valence-electron chi connectivity index (χ1n) is 3.99. The number of nitrogens with zero attached hydrogens (tertiary/aromatic N) is 2. The van der Waals surface area contributed by atoms with Gasteiger partial charge in [0.25, 0.3) is 6.43 Å². The number of rotatable bonds is 3. The Labute approximate surface area is 108 Å². The van der Waals surface area contributed by atoms with Crippen molar-refractivity contribution in [3.63, 3.8) is 0 Å². The predicted octanol–water partition coefficient (Wildman–Crippen LogP) is 3.58. The molecule has 0 atom stereocenters. The first-order chi connectivity index (χ1) is 7.11. The maximum absolute atomic E-state index is 12.8. The maximum Gasteiger partial charge on any atom is 0.265 e. The van der Waals surface area contributed by atoms with Gasteiger partial charge < -0.3 is 0 Å². The van der Waals surface area contributed by atoms with Crippen molar-refractivity contribution >= 4 is 38.5 Å². The summed E-state index contributed by atoms with van der Waals surface area (Å²) in [5.41, 5.74) is 0.863. The summed E-state index contributed by atoms with van der Waals surface area (Å²) >= 11 is 4.95. The Kier molecular flexibility index (Phi) is 4.86. The summed E-state index contributed by atoms with van der Waals surface area (Å²) in [6, 6.07) is 1.90. The molecule has 0 aliphatic heterocycles. The standard InChI is InChI=1S/C9H6BrF2IN2/c10-3-5-4-15-6(1-2-14)8(13)7(5)9(11)12/h4,9H,1,3H2. The molecule has 1 heterocycles. The van der Waals surface area contributed by atoms with Gasteiger partial charge in [0.05, 0.1) is 18.2 Å². The average Bonchev–Trinajstić information content (AvgIpc) is 2.20. The van der Waals surface area contributed by atoms with Crippen LogP contribution in [-0.2, 0) is 11.8 Å². The van der Waals surface area contributed by atoms with Gasteiger partial charge in [-0.25, -0.2) is 8.78 Å². The van der Waals surface area contributed by atoms with E-state index in [2.05, 4.69) is 20.9 Å². The van der Waals surface area contributed by atoms with Crippen molar-refractivity contribution in [2.45, 2.75) is 18.2 Å². The lowest BCUT2D eigenvalue weighted by atomic mass is 10.1. The summed E-state index contributed by atoms with van der Waals surface area (Å²) in [5.74, 6) is 0. The van der Waals surface area contributed by atoms with Crippen molar-refractivity contribution in [1.82, 2.24) is 4.98 Å². The van der Waals surface area contributed by atoms with Gasteiger partial charge in [-0.05, 0) is 28.2 Å². The molecule has 0 aromatic carbocycles. The molecule has 1 aromatic heterocycles. The highest BCUT2D eigenvalue weighted by atomic mass is 127. The lowest BCUT2D eigenvalue weighted by molar-refractivity contribution is 0.149. The molecule has 80 valence electrons. The monoisotopic (exact) mass is 386 g/mol. The predicted molar refractivity (Wildman–Crippen MR) is 63.9 cm³/mol. The van der Waals surface area contributed by atoms with Crippen molar-refractivity contribution in [2.75, 3.05) is 0 Å². The second-order valence-electron chi connectivity index (χ2n) is 2.73. The molecule has 0 saturated carbocycles. The molecule has 1 aromatic rings. The zero-order valence-electron chi connectivity index (χ0n) is 7.48. The van der Waals surface area contributed by atoms with Gasteiger partial charge in [0.2, 0.25) is 0 Å². The smallest absolute Gasteiger partial charge is 0.259 e. The molecule has 0 unspecified atom stereocenters. The molecular formula is C9H6BrF2IN2. The second kappa shape index (κ2) is 5.70. The fourth-order valence-corrected chi connectivity index (χ4v) is 2.48. The Morgan fingerprint density at radius 3 is 2.73 bits per heavy atom. The lowest BCUT2D eigenvalue weighted by Crippen LogP contribution is -2.03. The number of pyridine rings is 1. The minimum atomic E-state index is -2.54. The molecule has 0 fully saturated rings. The van der Waals surface area contributed by atoms with Crippen LogP contribution < -0.4 is 0 Å². The number of halogens is 4. The van der Waals surface area contributed by atoms with Gasteiger partial charge in [-0.2, -0.15) is 5.26 Å². The number of nitriles is 1. The number of alkyl halides is 3. The summed E-state index contributed by atoms with van der Waals surface area (Å²) in [6.45, 7) is 0. The first kappa shape index (κ1) is 12.8. The van der Waals surface area contributed by atoms with Crippen LogP contribution in [0.1, 0.15) is 23.2 Å². The van der Waals surface area contributed by atoms with E-state index in [9.17, 15) is 8.78 Å². The molecule has 0 amide bonds. The fourth-order valence-electron chi connectivity index (χ4n) is 1.12. The van der Waals surface area contributed by atoms with Crippen LogP contribution in [0.5, 0.6) is 0 Å². The molecule has 1 rings (SSSR count). The van der Waals surface area contributed by atoms with Crippen molar-refractivity contribution in [3.05, 3.63) is 26.6 Å². The van der Waals surface area contributed by atoms with Crippen LogP contribution in [-0.4, -0.2) is 4.98 Å². The summed E-state index contributed by atoms with van der Waals surface area (Å²) in [4.78, 5) is 3.99. The average molecular weight is 387 g/mol. The molecule has 2 nitrogen and oxygen atoms in total. The Balaban J connectivity index is 3.30. The van der Waals surface area contributed by atoms with Gasteiger partial charge in [-0.1, -0.05) is 15.9 Å². The fraction of sp³-hybridized carbons (Fsp3) is 0.333. The third-order valence-corrected chi connectivity index (χ3v) is 3.63. The molecular weight excluding hydrogens is 381 g/mol. The molecule has 0 N–H and O–H groups in total. The van der Waals surface area contributed by atoms with Crippen molar-refractivity contribution in [2.24, 2.45) is 0 Å².